The largest absolute Gasteiger partial charge is 0.351 e. The highest BCUT2D eigenvalue weighted by molar-refractivity contribution is 7.99. The molecule has 18 heavy (non-hydrogen) atoms. The summed E-state index contributed by atoms with van der Waals surface area (Å²) in [5.74, 6) is 2.04. The van der Waals surface area contributed by atoms with Crippen molar-refractivity contribution in [1.29, 1.82) is 0 Å². The molecule has 2 saturated heterocycles. The van der Waals surface area contributed by atoms with Crippen LogP contribution >= 0.6 is 36.6 Å². The standard InChI is InChI=1S/C11H19N3OS.2ClH/c15-11(10-6-16-7-12-10)13-8-3-4-14(5-8)9-1-2-9;;/h8-10,12H,1-7H2,(H,13,15);2*1H. The number of hydrogen-bond donors (Lipinski definition) is 2. The Morgan fingerprint density at radius 2 is 2.06 bits per heavy atom. The first-order valence-electron chi connectivity index (χ1n) is 6.18. The van der Waals surface area contributed by atoms with Gasteiger partial charge in [0.15, 0.2) is 0 Å². The summed E-state index contributed by atoms with van der Waals surface area (Å²) in [6.45, 7) is 2.23. The molecule has 0 aromatic rings. The molecule has 2 aliphatic heterocycles. The van der Waals surface area contributed by atoms with Crippen molar-refractivity contribution in [2.24, 2.45) is 0 Å². The molecule has 0 spiro atoms. The Kier molecular flexibility index (Phi) is 6.55. The zero-order valence-electron chi connectivity index (χ0n) is 10.3. The molecular formula is C11H21Cl2N3OS. The number of nitrogens with zero attached hydrogens (tertiary/aromatic N) is 1. The maximum absolute atomic E-state index is 11.9. The van der Waals surface area contributed by atoms with Gasteiger partial charge in [-0.1, -0.05) is 0 Å². The van der Waals surface area contributed by atoms with Crippen molar-refractivity contribution in [3.05, 3.63) is 0 Å². The van der Waals surface area contributed by atoms with Gasteiger partial charge in [0.25, 0.3) is 0 Å². The summed E-state index contributed by atoms with van der Waals surface area (Å²) in [6, 6.07) is 1.27. The van der Waals surface area contributed by atoms with Gasteiger partial charge >= 0.3 is 0 Å². The van der Waals surface area contributed by atoms with Crippen molar-refractivity contribution in [2.45, 2.75) is 37.4 Å². The Morgan fingerprint density at radius 1 is 1.28 bits per heavy atom. The van der Waals surface area contributed by atoms with Gasteiger partial charge in [-0.2, -0.15) is 0 Å². The van der Waals surface area contributed by atoms with Crippen LogP contribution in [0, 0.1) is 0 Å². The summed E-state index contributed by atoms with van der Waals surface area (Å²) in [6.07, 6.45) is 3.85. The number of rotatable bonds is 3. The SMILES string of the molecule is Cl.Cl.O=C(NC1CCN(C2CC2)C1)C1CSCN1. The number of carbonyl (C=O) groups excluding carboxylic acids is 1. The molecule has 2 atom stereocenters. The Balaban J connectivity index is 0.000000810. The van der Waals surface area contributed by atoms with E-state index >= 15 is 0 Å². The lowest BCUT2D eigenvalue weighted by Gasteiger charge is -2.17. The summed E-state index contributed by atoms with van der Waals surface area (Å²) in [7, 11) is 0. The third-order valence-electron chi connectivity index (χ3n) is 3.66. The first kappa shape index (κ1) is 16.4. The van der Waals surface area contributed by atoms with Crippen molar-refractivity contribution in [1.82, 2.24) is 15.5 Å². The van der Waals surface area contributed by atoms with E-state index < -0.39 is 0 Å². The molecule has 0 radical (unpaired) electrons. The van der Waals surface area contributed by atoms with E-state index in [0.717, 1.165) is 30.6 Å². The van der Waals surface area contributed by atoms with Gasteiger partial charge in [-0.05, 0) is 19.3 Å². The fraction of sp³-hybridized carbons (Fsp3) is 0.909. The second-order valence-corrected chi connectivity index (χ2v) is 6.02. The topological polar surface area (TPSA) is 44.4 Å². The van der Waals surface area contributed by atoms with E-state index in [-0.39, 0.29) is 36.8 Å². The lowest BCUT2D eigenvalue weighted by atomic mass is 10.2. The second-order valence-electron chi connectivity index (χ2n) is 4.99. The molecule has 2 unspecified atom stereocenters. The number of carbonyl (C=O) groups is 1. The van der Waals surface area contributed by atoms with E-state index in [9.17, 15) is 4.79 Å². The van der Waals surface area contributed by atoms with Gasteiger partial charge in [0.1, 0.15) is 0 Å². The third-order valence-corrected chi connectivity index (χ3v) is 4.60. The maximum Gasteiger partial charge on any atom is 0.238 e. The van der Waals surface area contributed by atoms with Crippen LogP contribution in [0.25, 0.3) is 0 Å². The van der Waals surface area contributed by atoms with Crippen LogP contribution in [0.5, 0.6) is 0 Å². The van der Waals surface area contributed by atoms with E-state index in [1.807, 2.05) is 0 Å². The van der Waals surface area contributed by atoms with Gasteiger partial charge in [-0.25, -0.2) is 0 Å². The lowest BCUT2D eigenvalue weighted by molar-refractivity contribution is -0.123. The first-order valence-corrected chi connectivity index (χ1v) is 7.34. The minimum absolute atomic E-state index is 0. The summed E-state index contributed by atoms with van der Waals surface area (Å²) < 4.78 is 0. The number of thioether (sulfide) groups is 1. The van der Waals surface area contributed by atoms with Crippen LogP contribution in [0.4, 0.5) is 0 Å². The van der Waals surface area contributed by atoms with Crippen LogP contribution in [0.1, 0.15) is 19.3 Å². The number of hydrogen-bond acceptors (Lipinski definition) is 4. The molecule has 3 fully saturated rings. The Bertz CT molecular complexity index is 285. The molecular weight excluding hydrogens is 293 g/mol. The zero-order valence-corrected chi connectivity index (χ0v) is 12.7. The highest BCUT2D eigenvalue weighted by Crippen LogP contribution is 2.29. The van der Waals surface area contributed by atoms with Gasteiger partial charge < -0.3 is 5.32 Å². The van der Waals surface area contributed by atoms with Crippen LogP contribution in [0.15, 0.2) is 0 Å². The monoisotopic (exact) mass is 313 g/mol. The van der Waals surface area contributed by atoms with Crippen molar-refractivity contribution < 1.29 is 4.79 Å². The minimum atomic E-state index is 0. The van der Waals surface area contributed by atoms with Crippen molar-refractivity contribution in [3.8, 4) is 0 Å². The predicted octanol–water partition coefficient (Wildman–Crippen LogP) is 0.845. The average molecular weight is 314 g/mol. The van der Waals surface area contributed by atoms with Crippen LogP contribution in [0.3, 0.4) is 0 Å². The van der Waals surface area contributed by atoms with E-state index in [1.165, 1.54) is 19.4 Å². The van der Waals surface area contributed by atoms with E-state index in [1.54, 1.807) is 11.8 Å². The molecule has 2 heterocycles. The summed E-state index contributed by atoms with van der Waals surface area (Å²) in [5.41, 5.74) is 0. The third kappa shape index (κ3) is 3.90. The van der Waals surface area contributed by atoms with Crippen LogP contribution in [-0.4, -0.2) is 53.7 Å². The molecule has 3 rings (SSSR count). The van der Waals surface area contributed by atoms with Crippen molar-refractivity contribution in [3.63, 3.8) is 0 Å². The zero-order chi connectivity index (χ0) is 11.0. The molecule has 1 amide bonds. The molecule has 106 valence electrons. The molecule has 3 aliphatic rings. The number of halogens is 2. The van der Waals surface area contributed by atoms with Crippen molar-refractivity contribution >= 4 is 42.5 Å². The fourth-order valence-corrected chi connectivity index (χ4v) is 3.48. The normalized spacial score (nSPS) is 31.6. The van der Waals surface area contributed by atoms with Crippen molar-refractivity contribution in [2.75, 3.05) is 24.7 Å². The number of likely N-dealkylation sites (tertiary alicyclic amines) is 1. The molecule has 1 saturated carbocycles. The smallest absolute Gasteiger partial charge is 0.238 e. The fourth-order valence-electron chi connectivity index (χ4n) is 2.54. The van der Waals surface area contributed by atoms with Gasteiger partial charge in [0, 0.05) is 36.8 Å². The molecule has 1 aliphatic carbocycles. The van der Waals surface area contributed by atoms with E-state index in [0.29, 0.717) is 6.04 Å². The van der Waals surface area contributed by atoms with Gasteiger partial charge in [0.2, 0.25) is 5.91 Å². The summed E-state index contributed by atoms with van der Waals surface area (Å²) >= 11 is 1.80. The quantitative estimate of drug-likeness (QED) is 0.810. The average Bonchev–Trinajstić information content (AvgIpc) is 2.82. The highest BCUT2D eigenvalue weighted by Gasteiger charge is 2.35. The molecule has 7 heteroatoms. The molecule has 0 aromatic heterocycles. The molecule has 2 N–H and O–H groups in total. The summed E-state index contributed by atoms with van der Waals surface area (Å²) in [4.78, 5) is 14.4. The Morgan fingerprint density at radius 3 is 2.67 bits per heavy atom. The minimum Gasteiger partial charge on any atom is -0.351 e. The van der Waals surface area contributed by atoms with E-state index in [2.05, 4.69) is 15.5 Å². The predicted molar refractivity (Wildman–Crippen MR) is 79.9 cm³/mol. The lowest BCUT2D eigenvalue weighted by Crippen LogP contribution is -2.47. The molecule has 0 aromatic carbocycles. The number of nitrogens with one attached hydrogen (secondary N) is 2. The van der Waals surface area contributed by atoms with Crippen LogP contribution in [-0.2, 0) is 4.79 Å². The maximum atomic E-state index is 11.9. The molecule has 4 nitrogen and oxygen atoms in total. The van der Waals surface area contributed by atoms with E-state index in [4.69, 9.17) is 0 Å². The Hall–Kier alpha value is 0.320. The molecule has 0 bridgehead atoms. The number of amides is 1. The van der Waals surface area contributed by atoms with Gasteiger partial charge in [-0.15, -0.1) is 36.6 Å². The second kappa shape index (κ2) is 7.20. The first-order chi connectivity index (χ1) is 7.83. The van der Waals surface area contributed by atoms with Crippen LogP contribution < -0.4 is 10.6 Å². The highest BCUT2D eigenvalue weighted by atomic mass is 35.5. The van der Waals surface area contributed by atoms with Gasteiger partial charge in [-0.3, -0.25) is 15.0 Å². The van der Waals surface area contributed by atoms with Crippen LogP contribution in [0.2, 0.25) is 0 Å². The summed E-state index contributed by atoms with van der Waals surface area (Å²) in [5, 5.41) is 6.39. The van der Waals surface area contributed by atoms with Gasteiger partial charge in [0.05, 0.1) is 6.04 Å². The Labute approximate surface area is 125 Å².